The number of halogens is 1. The molecule has 1 fully saturated rings. The number of piperidine rings is 1. The van der Waals surface area contributed by atoms with Crippen molar-refractivity contribution in [1.82, 2.24) is 4.90 Å². The minimum Gasteiger partial charge on any atom is -0.462 e. The number of benzene rings is 2. The fraction of sp³-hybridized carbons (Fsp3) is 0.333. The third-order valence-electron chi connectivity index (χ3n) is 6.09. The van der Waals surface area contributed by atoms with Crippen LogP contribution in [0.2, 0.25) is 0 Å². The Morgan fingerprint density at radius 1 is 1.13 bits per heavy atom. The number of likely N-dealkylation sites (tertiary alicyclic amines) is 1. The number of ether oxygens (including phenoxy) is 1. The summed E-state index contributed by atoms with van der Waals surface area (Å²) in [6, 6.07) is 16.0. The molecule has 2 aromatic carbocycles. The van der Waals surface area contributed by atoms with Crippen molar-refractivity contribution in [1.29, 1.82) is 0 Å². The monoisotopic (exact) mass is 423 g/mol. The average molecular weight is 423 g/mol. The lowest BCUT2D eigenvalue weighted by atomic mass is 9.83. The maximum atomic E-state index is 14.0. The molecule has 6 nitrogen and oxygen atoms in total. The van der Waals surface area contributed by atoms with Crippen molar-refractivity contribution in [2.45, 2.75) is 31.8 Å². The largest absolute Gasteiger partial charge is 0.462 e. The van der Waals surface area contributed by atoms with Crippen LogP contribution in [0.15, 0.2) is 65.9 Å². The second-order valence-corrected chi connectivity index (χ2v) is 7.92. The lowest BCUT2D eigenvalue weighted by molar-refractivity contribution is -0.139. The SMILES string of the molecule is CCOC(=O)C1=C(N)C2(CCN(Cc3ccccc3)CC2)N(c2cccc(F)c2)C1=O. The number of carbonyl (C=O) groups is 2. The van der Waals surface area contributed by atoms with Crippen molar-refractivity contribution in [2.24, 2.45) is 5.73 Å². The highest BCUT2D eigenvalue weighted by Gasteiger charge is 2.54. The minimum absolute atomic E-state index is 0.136. The fourth-order valence-electron chi connectivity index (χ4n) is 4.57. The first-order valence-corrected chi connectivity index (χ1v) is 10.5. The normalized spacial score (nSPS) is 18.6. The molecule has 7 heteroatoms. The van der Waals surface area contributed by atoms with Gasteiger partial charge in [0.1, 0.15) is 11.4 Å². The summed E-state index contributed by atoms with van der Waals surface area (Å²) in [5, 5.41) is 0. The number of rotatable bonds is 5. The molecule has 1 amide bonds. The number of hydrogen-bond donors (Lipinski definition) is 1. The van der Waals surface area contributed by atoms with Crippen LogP contribution in [-0.2, 0) is 20.9 Å². The van der Waals surface area contributed by atoms with Crippen LogP contribution < -0.4 is 10.6 Å². The van der Waals surface area contributed by atoms with Crippen LogP contribution >= 0.6 is 0 Å². The van der Waals surface area contributed by atoms with E-state index in [2.05, 4.69) is 17.0 Å². The first-order chi connectivity index (χ1) is 15.0. The first kappa shape index (κ1) is 21.1. The standard InChI is InChI=1S/C24H26FN3O3/c1-2-31-23(30)20-21(26)24(28(22(20)29)19-10-6-9-18(25)15-19)11-13-27(14-12-24)16-17-7-4-3-5-8-17/h3-10,15H,2,11-14,16,26H2,1H3. The molecule has 0 saturated carbocycles. The third-order valence-corrected chi connectivity index (χ3v) is 6.09. The van der Waals surface area contributed by atoms with Gasteiger partial charge in [-0.15, -0.1) is 0 Å². The zero-order valence-electron chi connectivity index (χ0n) is 17.5. The Morgan fingerprint density at radius 3 is 2.48 bits per heavy atom. The molecule has 0 aromatic heterocycles. The first-order valence-electron chi connectivity index (χ1n) is 10.5. The van der Waals surface area contributed by atoms with E-state index in [9.17, 15) is 14.0 Å². The molecule has 0 bridgehead atoms. The van der Waals surface area contributed by atoms with E-state index in [1.54, 1.807) is 19.1 Å². The fourth-order valence-corrected chi connectivity index (χ4v) is 4.57. The van der Waals surface area contributed by atoms with Gasteiger partial charge >= 0.3 is 5.97 Å². The van der Waals surface area contributed by atoms with Gasteiger partial charge in [0.15, 0.2) is 0 Å². The lowest BCUT2D eigenvalue weighted by Gasteiger charge is -2.45. The van der Waals surface area contributed by atoms with E-state index >= 15 is 0 Å². The van der Waals surface area contributed by atoms with Gasteiger partial charge in [-0.05, 0) is 43.5 Å². The summed E-state index contributed by atoms with van der Waals surface area (Å²) in [6.07, 6.45) is 1.08. The maximum Gasteiger partial charge on any atom is 0.345 e. The van der Waals surface area contributed by atoms with E-state index in [0.717, 1.165) is 6.54 Å². The van der Waals surface area contributed by atoms with Crippen LogP contribution in [0.5, 0.6) is 0 Å². The molecule has 2 aromatic rings. The Bertz CT molecular complexity index is 1010. The number of esters is 1. The highest BCUT2D eigenvalue weighted by molar-refractivity contribution is 6.26. The van der Waals surface area contributed by atoms with Gasteiger partial charge < -0.3 is 10.5 Å². The van der Waals surface area contributed by atoms with Crippen molar-refractivity contribution in [2.75, 3.05) is 24.6 Å². The van der Waals surface area contributed by atoms with Crippen molar-refractivity contribution in [3.63, 3.8) is 0 Å². The van der Waals surface area contributed by atoms with E-state index in [1.807, 2.05) is 18.2 Å². The van der Waals surface area contributed by atoms with E-state index < -0.39 is 23.2 Å². The molecule has 4 rings (SSSR count). The number of carbonyl (C=O) groups excluding carboxylic acids is 2. The Kier molecular flexibility index (Phi) is 5.78. The predicted octanol–water partition coefficient (Wildman–Crippen LogP) is 2.98. The summed E-state index contributed by atoms with van der Waals surface area (Å²) in [5.41, 5.74) is 7.29. The van der Waals surface area contributed by atoms with E-state index in [0.29, 0.717) is 31.6 Å². The number of nitrogens with two attached hydrogens (primary N) is 1. The summed E-state index contributed by atoms with van der Waals surface area (Å²) in [4.78, 5) is 29.7. The predicted molar refractivity (Wildman–Crippen MR) is 115 cm³/mol. The van der Waals surface area contributed by atoms with Crippen LogP contribution in [0.1, 0.15) is 25.3 Å². The second kappa shape index (κ2) is 8.51. The van der Waals surface area contributed by atoms with Gasteiger partial charge in [-0.25, -0.2) is 9.18 Å². The van der Waals surface area contributed by atoms with Gasteiger partial charge in [0, 0.05) is 25.3 Å². The lowest BCUT2D eigenvalue weighted by Crippen LogP contribution is -2.56. The van der Waals surface area contributed by atoms with Gasteiger partial charge in [-0.3, -0.25) is 14.6 Å². The summed E-state index contributed by atoms with van der Waals surface area (Å²) >= 11 is 0. The Balaban J connectivity index is 1.66. The molecular weight excluding hydrogens is 397 g/mol. The molecule has 2 heterocycles. The Morgan fingerprint density at radius 2 is 1.84 bits per heavy atom. The van der Waals surface area contributed by atoms with Crippen molar-refractivity contribution < 1.29 is 18.7 Å². The van der Waals surface area contributed by atoms with Gasteiger partial charge in [-0.2, -0.15) is 0 Å². The van der Waals surface area contributed by atoms with Crippen molar-refractivity contribution in [3.05, 3.63) is 77.2 Å². The van der Waals surface area contributed by atoms with Gasteiger partial charge in [-0.1, -0.05) is 36.4 Å². The summed E-state index contributed by atoms with van der Waals surface area (Å²) in [5.74, 6) is -1.71. The molecule has 0 atom stereocenters. The maximum absolute atomic E-state index is 14.0. The van der Waals surface area contributed by atoms with E-state index in [-0.39, 0.29) is 17.9 Å². The van der Waals surface area contributed by atoms with E-state index in [4.69, 9.17) is 10.5 Å². The average Bonchev–Trinajstić information content (AvgIpc) is 2.97. The van der Waals surface area contributed by atoms with Crippen LogP contribution in [0.25, 0.3) is 0 Å². The molecule has 0 aliphatic carbocycles. The molecule has 1 saturated heterocycles. The molecule has 0 radical (unpaired) electrons. The van der Waals surface area contributed by atoms with Gasteiger partial charge in [0.05, 0.1) is 17.8 Å². The molecule has 2 aliphatic rings. The Hall–Kier alpha value is -3.19. The number of anilines is 1. The van der Waals surface area contributed by atoms with Gasteiger partial charge in [0.2, 0.25) is 0 Å². The van der Waals surface area contributed by atoms with Crippen LogP contribution in [0.4, 0.5) is 10.1 Å². The topological polar surface area (TPSA) is 75.9 Å². The van der Waals surface area contributed by atoms with Crippen LogP contribution in [-0.4, -0.2) is 42.0 Å². The molecule has 162 valence electrons. The quantitative estimate of drug-likeness (QED) is 0.591. The van der Waals surface area contributed by atoms with Crippen molar-refractivity contribution in [3.8, 4) is 0 Å². The third kappa shape index (κ3) is 3.81. The highest BCUT2D eigenvalue weighted by Crippen LogP contribution is 2.44. The van der Waals surface area contributed by atoms with Gasteiger partial charge in [0.25, 0.3) is 5.91 Å². The summed E-state index contributed by atoms with van der Waals surface area (Å²) in [6.45, 7) is 3.98. The molecular formula is C24H26FN3O3. The Labute approximate surface area is 181 Å². The minimum atomic E-state index is -0.875. The molecule has 2 N–H and O–H groups in total. The smallest absolute Gasteiger partial charge is 0.345 e. The molecule has 31 heavy (non-hydrogen) atoms. The zero-order chi connectivity index (χ0) is 22.0. The molecule has 2 aliphatic heterocycles. The zero-order valence-corrected chi connectivity index (χ0v) is 17.5. The summed E-state index contributed by atoms with van der Waals surface area (Å²) in [7, 11) is 0. The number of nitrogens with zero attached hydrogens (tertiary/aromatic N) is 2. The number of hydrogen-bond acceptors (Lipinski definition) is 5. The van der Waals surface area contributed by atoms with Crippen molar-refractivity contribution >= 4 is 17.6 Å². The van der Waals surface area contributed by atoms with Crippen LogP contribution in [0, 0.1) is 5.82 Å². The molecule has 0 unspecified atom stereocenters. The highest BCUT2D eigenvalue weighted by atomic mass is 19.1. The second-order valence-electron chi connectivity index (χ2n) is 7.92. The van der Waals surface area contributed by atoms with E-state index in [1.165, 1.54) is 22.6 Å². The number of amides is 1. The molecule has 1 spiro atoms. The summed E-state index contributed by atoms with van der Waals surface area (Å²) < 4.78 is 19.1. The van der Waals surface area contributed by atoms with Crippen LogP contribution in [0.3, 0.4) is 0 Å².